The predicted molar refractivity (Wildman–Crippen MR) is 96.9 cm³/mol. The summed E-state index contributed by atoms with van der Waals surface area (Å²) in [5, 5.41) is 10.8. The molecule has 7 heteroatoms. The molecule has 1 aliphatic heterocycles. The van der Waals surface area contributed by atoms with Crippen LogP contribution in [-0.4, -0.2) is 38.0 Å². The highest BCUT2D eigenvalue weighted by Crippen LogP contribution is 2.20. The van der Waals surface area contributed by atoms with Gasteiger partial charge in [-0.1, -0.05) is 36.8 Å². The summed E-state index contributed by atoms with van der Waals surface area (Å²) in [5.41, 5.74) is 2.27. The van der Waals surface area contributed by atoms with E-state index in [2.05, 4.69) is 22.4 Å². The number of amides is 2. The van der Waals surface area contributed by atoms with Gasteiger partial charge in [0.1, 0.15) is 6.33 Å². The molecule has 0 bridgehead atoms. The molecule has 0 unspecified atom stereocenters. The zero-order valence-electron chi connectivity index (χ0n) is 15.3. The number of hydrogen-bond acceptors (Lipinski definition) is 4. The number of benzene rings is 1. The van der Waals surface area contributed by atoms with Crippen molar-refractivity contribution in [2.24, 2.45) is 5.92 Å². The maximum absolute atomic E-state index is 12.5. The summed E-state index contributed by atoms with van der Waals surface area (Å²) in [7, 11) is 0. The summed E-state index contributed by atoms with van der Waals surface area (Å²) in [6, 6.07) is 8.12. The molecule has 1 atom stereocenters. The number of nitrogens with one attached hydrogen (secondary N) is 1. The summed E-state index contributed by atoms with van der Waals surface area (Å²) >= 11 is 0. The first kappa shape index (κ1) is 18.1. The number of carbonyl (C=O) groups is 2. The fraction of sp³-hybridized carbons (Fsp3) is 0.474. The maximum atomic E-state index is 12.5. The zero-order chi connectivity index (χ0) is 18.5. The average molecular weight is 355 g/mol. The summed E-state index contributed by atoms with van der Waals surface area (Å²) < 4.78 is 1.93. The van der Waals surface area contributed by atoms with E-state index in [1.165, 1.54) is 5.56 Å². The highest BCUT2D eigenvalue weighted by molar-refractivity contribution is 5.89. The lowest BCUT2D eigenvalue weighted by molar-refractivity contribution is -0.129. The van der Waals surface area contributed by atoms with Gasteiger partial charge in [-0.2, -0.15) is 0 Å². The molecule has 0 saturated carbocycles. The maximum Gasteiger partial charge on any atom is 0.225 e. The first-order valence-corrected chi connectivity index (χ1v) is 9.04. The monoisotopic (exact) mass is 355 g/mol. The minimum atomic E-state index is -0.310. The van der Waals surface area contributed by atoms with Crippen LogP contribution in [-0.2, 0) is 29.2 Å². The fourth-order valence-electron chi connectivity index (χ4n) is 3.17. The second-order valence-electron chi connectivity index (χ2n) is 6.82. The van der Waals surface area contributed by atoms with Gasteiger partial charge < -0.3 is 14.8 Å². The topological polar surface area (TPSA) is 80.1 Å². The number of rotatable bonds is 7. The Morgan fingerprint density at radius 3 is 2.81 bits per heavy atom. The van der Waals surface area contributed by atoms with Gasteiger partial charge >= 0.3 is 0 Å². The Morgan fingerprint density at radius 1 is 1.31 bits per heavy atom. The zero-order valence-corrected chi connectivity index (χ0v) is 15.3. The van der Waals surface area contributed by atoms with Crippen LogP contribution in [0.2, 0.25) is 0 Å². The molecule has 138 valence electrons. The lowest BCUT2D eigenvalue weighted by Crippen LogP contribution is -2.33. The van der Waals surface area contributed by atoms with E-state index in [1.54, 1.807) is 11.2 Å². The van der Waals surface area contributed by atoms with Crippen LogP contribution >= 0.6 is 0 Å². The molecule has 0 radical (unpaired) electrons. The highest BCUT2D eigenvalue weighted by atomic mass is 16.2. The van der Waals surface area contributed by atoms with E-state index in [0.717, 1.165) is 24.4 Å². The van der Waals surface area contributed by atoms with Crippen molar-refractivity contribution in [2.75, 3.05) is 6.54 Å². The Bertz CT molecular complexity index is 768. The van der Waals surface area contributed by atoms with Crippen LogP contribution in [0.3, 0.4) is 0 Å². The summed E-state index contributed by atoms with van der Waals surface area (Å²) in [6.07, 6.45) is 2.91. The van der Waals surface area contributed by atoms with Gasteiger partial charge in [-0.3, -0.25) is 9.59 Å². The predicted octanol–water partition coefficient (Wildman–Crippen LogP) is 1.66. The van der Waals surface area contributed by atoms with Crippen molar-refractivity contribution < 1.29 is 9.59 Å². The summed E-state index contributed by atoms with van der Waals surface area (Å²) in [6.45, 7) is 6.28. The third-order valence-corrected chi connectivity index (χ3v) is 4.66. The van der Waals surface area contributed by atoms with Crippen LogP contribution in [0.25, 0.3) is 0 Å². The molecule has 7 nitrogen and oxygen atoms in total. The van der Waals surface area contributed by atoms with Crippen LogP contribution in [0.4, 0.5) is 0 Å². The minimum Gasteiger partial charge on any atom is -0.348 e. The Kier molecular flexibility index (Phi) is 5.65. The third-order valence-electron chi connectivity index (χ3n) is 4.66. The standard InChI is InChI=1S/C19H25N5O2/c1-3-8-23-13-21-22-17(23)10-20-19(26)16-9-18(25)24(12-16)11-15-6-4-14(2)5-7-15/h4-7,13,16H,3,8-12H2,1-2H3,(H,20,26)/t16-/m0/s1. The van der Waals surface area contributed by atoms with Gasteiger partial charge in [0.15, 0.2) is 5.82 Å². The molecule has 3 rings (SSSR count). The van der Waals surface area contributed by atoms with E-state index >= 15 is 0 Å². The number of carbonyl (C=O) groups excluding carboxylic acids is 2. The van der Waals surface area contributed by atoms with Crippen LogP contribution in [0.5, 0.6) is 0 Å². The smallest absolute Gasteiger partial charge is 0.225 e. The number of aryl methyl sites for hydroxylation is 2. The molecule has 26 heavy (non-hydrogen) atoms. The number of hydrogen-bond donors (Lipinski definition) is 1. The molecule has 2 amide bonds. The molecule has 0 spiro atoms. The van der Waals surface area contributed by atoms with Crippen LogP contribution in [0.15, 0.2) is 30.6 Å². The molecule has 0 aliphatic carbocycles. The normalized spacial score (nSPS) is 16.9. The SMILES string of the molecule is CCCn1cnnc1CNC(=O)[C@H]1CC(=O)N(Cc2ccc(C)cc2)C1. The van der Waals surface area contributed by atoms with Crippen molar-refractivity contribution in [3.05, 3.63) is 47.5 Å². The molecule has 1 saturated heterocycles. The van der Waals surface area contributed by atoms with Crippen molar-refractivity contribution in [1.82, 2.24) is 25.0 Å². The largest absolute Gasteiger partial charge is 0.348 e. The fourth-order valence-corrected chi connectivity index (χ4v) is 3.17. The van der Waals surface area contributed by atoms with Crippen LogP contribution < -0.4 is 5.32 Å². The van der Waals surface area contributed by atoms with Gasteiger partial charge in [-0.05, 0) is 18.9 Å². The lowest BCUT2D eigenvalue weighted by Gasteiger charge is -2.17. The molecule has 2 aromatic rings. The molecule has 1 aliphatic rings. The third kappa shape index (κ3) is 4.28. The first-order chi connectivity index (χ1) is 12.6. The number of aromatic nitrogens is 3. The molecule has 1 N–H and O–H groups in total. The Labute approximate surface area is 153 Å². The van der Waals surface area contributed by atoms with Crippen molar-refractivity contribution >= 4 is 11.8 Å². The summed E-state index contributed by atoms with van der Waals surface area (Å²) in [5.74, 6) is 0.354. The number of nitrogens with zero attached hydrogens (tertiary/aromatic N) is 4. The van der Waals surface area contributed by atoms with Crippen LogP contribution in [0.1, 0.15) is 36.7 Å². The van der Waals surface area contributed by atoms with E-state index in [9.17, 15) is 9.59 Å². The van der Waals surface area contributed by atoms with Gasteiger partial charge in [0.2, 0.25) is 11.8 Å². The second kappa shape index (κ2) is 8.12. The molecule has 1 aromatic carbocycles. The van der Waals surface area contributed by atoms with E-state index < -0.39 is 0 Å². The highest BCUT2D eigenvalue weighted by Gasteiger charge is 2.34. The van der Waals surface area contributed by atoms with Gasteiger partial charge in [-0.25, -0.2) is 0 Å². The number of likely N-dealkylation sites (tertiary alicyclic amines) is 1. The lowest BCUT2D eigenvalue weighted by atomic mass is 10.1. The van der Waals surface area contributed by atoms with Crippen molar-refractivity contribution in [1.29, 1.82) is 0 Å². The quantitative estimate of drug-likeness (QED) is 0.819. The van der Waals surface area contributed by atoms with Crippen molar-refractivity contribution in [3.8, 4) is 0 Å². The van der Waals surface area contributed by atoms with Gasteiger partial charge in [-0.15, -0.1) is 10.2 Å². The Morgan fingerprint density at radius 2 is 2.08 bits per heavy atom. The van der Waals surface area contributed by atoms with E-state index in [0.29, 0.717) is 19.6 Å². The summed E-state index contributed by atoms with van der Waals surface area (Å²) in [4.78, 5) is 26.5. The molecule has 2 heterocycles. The van der Waals surface area contributed by atoms with E-state index in [-0.39, 0.29) is 24.2 Å². The average Bonchev–Trinajstić information content (AvgIpc) is 3.22. The molecule has 1 aromatic heterocycles. The minimum absolute atomic E-state index is 0.0277. The Hall–Kier alpha value is -2.70. The Balaban J connectivity index is 1.53. The first-order valence-electron chi connectivity index (χ1n) is 9.04. The van der Waals surface area contributed by atoms with E-state index in [1.807, 2.05) is 35.8 Å². The van der Waals surface area contributed by atoms with Crippen molar-refractivity contribution in [2.45, 2.75) is 46.3 Å². The van der Waals surface area contributed by atoms with E-state index in [4.69, 9.17) is 0 Å². The molecular formula is C19H25N5O2. The molecular weight excluding hydrogens is 330 g/mol. The van der Waals surface area contributed by atoms with Gasteiger partial charge in [0, 0.05) is 26.1 Å². The van der Waals surface area contributed by atoms with Gasteiger partial charge in [0.05, 0.1) is 12.5 Å². The molecule has 1 fully saturated rings. The second-order valence-corrected chi connectivity index (χ2v) is 6.82. The van der Waals surface area contributed by atoms with Crippen LogP contribution in [0, 0.1) is 12.8 Å². The van der Waals surface area contributed by atoms with Gasteiger partial charge in [0.25, 0.3) is 0 Å². The van der Waals surface area contributed by atoms with Crippen molar-refractivity contribution in [3.63, 3.8) is 0 Å².